The number of carbonyl (C=O) groups is 3. The van der Waals surface area contributed by atoms with Crippen LogP contribution in [0.5, 0.6) is 0 Å². The van der Waals surface area contributed by atoms with Crippen molar-refractivity contribution in [1.82, 2.24) is 0 Å². The van der Waals surface area contributed by atoms with Gasteiger partial charge >= 0.3 is 0 Å². The minimum Gasteiger partial charge on any atom is -0.369 e. The Morgan fingerprint density at radius 1 is 1.05 bits per heavy atom. The highest BCUT2D eigenvalue weighted by Crippen LogP contribution is 2.45. The van der Waals surface area contributed by atoms with Crippen LogP contribution in [0.15, 0.2) is 22.3 Å². The zero-order valence-electron chi connectivity index (χ0n) is 12.3. The molecule has 0 aromatic rings. The van der Waals surface area contributed by atoms with Gasteiger partial charge in [0.15, 0.2) is 11.6 Å². The number of carbonyl (C=O) groups excluding carboxylic acids is 3. The molecule has 0 saturated heterocycles. The zero-order valence-corrected chi connectivity index (χ0v) is 12.3. The predicted octanol–water partition coefficient (Wildman–Crippen LogP) is 2.23. The van der Waals surface area contributed by atoms with Gasteiger partial charge in [-0.3, -0.25) is 14.4 Å². The molecule has 0 aromatic heterocycles. The van der Waals surface area contributed by atoms with Crippen molar-refractivity contribution in [3.8, 4) is 0 Å². The topological polar surface area (TPSA) is 77.2 Å². The Hall–Kier alpha value is -1.71. The molecule has 0 atom stereocenters. The average Bonchev–Trinajstić information content (AvgIpc) is 2.36. The summed E-state index contributed by atoms with van der Waals surface area (Å²) in [5.74, 6) is -0.391. The fourth-order valence-corrected chi connectivity index (χ4v) is 3.04. The third-order valence-electron chi connectivity index (χ3n) is 5.00. The number of allylic oxidation sites excluding steroid dienone is 4. The van der Waals surface area contributed by atoms with E-state index in [9.17, 15) is 14.4 Å². The van der Waals surface area contributed by atoms with Crippen molar-refractivity contribution in [3.05, 3.63) is 22.3 Å². The number of rotatable bonds is 4. The lowest BCUT2D eigenvalue weighted by atomic mass is 9.64. The van der Waals surface area contributed by atoms with E-state index in [1.807, 2.05) is 0 Å². The van der Waals surface area contributed by atoms with Gasteiger partial charge in [0.05, 0.1) is 0 Å². The summed E-state index contributed by atoms with van der Waals surface area (Å²) in [6, 6.07) is 0. The van der Waals surface area contributed by atoms with Crippen molar-refractivity contribution >= 4 is 17.5 Å². The standard InChI is InChI=1S/C16H21NO3/c1-9-10(2)14(19)12(11(3)13(9)18)5-8-16(15(17)20)6-4-7-16/h4-8H2,1-3H3,(H2,17,20). The average molecular weight is 275 g/mol. The summed E-state index contributed by atoms with van der Waals surface area (Å²) in [5, 5.41) is 0. The van der Waals surface area contributed by atoms with Crippen molar-refractivity contribution in [2.24, 2.45) is 11.1 Å². The molecule has 0 aliphatic heterocycles. The highest BCUT2D eigenvalue weighted by atomic mass is 16.1. The van der Waals surface area contributed by atoms with E-state index >= 15 is 0 Å². The number of nitrogens with two attached hydrogens (primary N) is 1. The monoisotopic (exact) mass is 275 g/mol. The van der Waals surface area contributed by atoms with Crippen molar-refractivity contribution in [1.29, 1.82) is 0 Å². The molecule has 0 spiro atoms. The Bertz CT molecular complexity index is 562. The molecule has 0 aromatic carbocycles. The van der Waals surface area contributed by atoms with Gasteiger partial charge in [0.1, 0.15) is 0 Å². The molecule has 0 bridgehead atoms. The smallest absolute Gasteiger partial charge is 0.223 e. The van der Waals surface area contributed by atoms with Crippen LogP contribution in [0.2, 0.25) is 0 Å². The molecule has 2 rings (SSSR count). The Morgan fingerprint density at radius 2 is 1.60 bits per heavy atom. The van der Waals surface area contributed by atoms with Crippen LogP contribution in [-0.2, 0) is 14.4 Å². The fourth-order valence-electron chi connectivity index (χ4n) is 3.04. The maximum Gasteiger partial charge on any atom is 0.223 e. The zero-order chi connectivity index (χ0) is 15.1. The van der Waals surface area contributed by atoms with E-state index in [2.05, 4.69) is 0 Å². The normalized spacial score (nSPS) is 22.1. The van der Waals surface area contributed by atoms with Gasteiger partial charge in [0, 0.05) is 27.7 Å². The van der Waals surface area contributed by atoms with E-state index in [1.54, 1.807) is 20.8 Å². The molecule has 1 saturated carbocycles. The first-order valence-electron chi connectivity index (χ1n) is 7.07. The summed E-state index contributed by atoms with van der Waals surface area (Å²) in [4.78, 5) is 35.9. The maximum absolute atomic E-state index is 12.3. The van der Waals surface area contributed by atoms with Crippen molar-refractivity contribution in [2.45, 2.75) is 52.9 Å². The first-order chi connectivity index (χ1) is 9.30. The van der Waals surface area contributed by atoms with Gasteiger partial charge < -0.3 is 5.73 Å². The lowest BCUT2D eigenvalue weighted by Crippen LogP contribution is -2.43. The molecular weight excluding hydrogens is 254 g/mol. The van der Waals surface area contributed by atoms with Gasteiger partial charge in [-0.15, -0.1) is 0 Å². The second-order valence-corrected chi connectivity index (χ2v) is 6.01. The van der Waals surface area contributed by atoms with Gasteiger partial charge in [-0.2, -0.15) is 0 Å². The number of amides is 1. The second kappa shape index (κ2) is 5.00. The Kier molecular flexibility index (Phi) is 3.67. The molecule has 4 nitrogen and oxygen atoms in total. The summed E-state index contributed by atoms with van der Waals surface area (Å²) < 4.78 is 0. The predicted molar refractivity (Wildman–Crippen MR) is 75.8 cm³/mol. The fraction of sp³-hybridized carbons (Fsp3) is 0.562. The molecule has 2 N–H and O–H groups in total. The number of ketones is 2. The summed E-state index contributed by atoms with van der Waals surface area (Å²) in [6.45, 7) is 5.07. The number of Topliss-reactive ketones (excluding diaryl/α,β-unsaturated/α-hetero) is 2. The molecule has 0 unspecified atom stereocenters. The van der Waals surface area contributed by atoms with Gasteiger partial charge in [-0.05, 0) is 46.5 Å². The van der Waals surface area contributed by atoms with E-state index in [4.69, 9.17) is 5.73 Å². The molecule has 2 aliphatic carbocycles. The van der Waals surface area contributed by atoms with E-state index in [0.717, 1.165) is 19.3 Å². The van der Waals surface area contributed by atoms with Crippen LogP contribution in [-0.4, -0.2) is 17.5 Å². The Balaban J connectivity index is 2.19. The Labute approximate surface area is 119 Å². The second-order valence-electron chi connectivity index (χ2n) is 6.01. The van der Waals surface area contributed by atoms with Gasteiger partial charge in [-0.25, -0.2) is 0 Å². The first kappa shape index (κ1) is 14.7. The third kappa shape index (κ3) is 2.13. The molecule has 4 heteroatoms. The summed E-state index contributed by atoms with van der Waals surface area (Å²) in [7, 11) is 0. The van der Waals surface area contributed by atoms with Crippen molar-refractivity contribution in [2.75, 3.05) is 0 Å². The van der Waals surface area contributed by atoms with Crippen LogP contribution >= 0.6 is 0 Å². The SMILES string of the molecule is CC1=C(C)C(=O)C(CCC2(C(N)=O)CCC2)=C(C)C1=O. The van der Waals surface area contributed by atoms with Crippen molar-refractivity contribution in [3.63, 3.8) is 0 Å². The lowest BCUT2D eigenvalue weighted by molar-refractivity contribution is -0.133. The molecule has 0 radical (unpaired) electrons. The van der Waals surface area contributed by atoms with Crippen molar-refractivity contribution < 1.29 is 14.4 Å². The van der Waals surface area contributed by atoms with Gasteiger partial charge in [0.25, 0.3) is 0 Å². The quantitative estimate of drug-likeness (QED) is 0.799. The summed E-state index contributed by atoms with van der Waals surface area (Å²) >= 11 is 0. The van der Waals surface area contributed by atoms with E-state index in [-0.39, 0.29) is 17.5 Å². The van der Waals surface area contributed by atoms with Crippen LogP contribution in [0.1, 0.15) is 52.9 Å². The van der Waals surface area contributed by atoms with Crippen LogP contribution in [0.4, 0.5) is 0 Å². The van der Waals surface area contributed by atoms with Crippen LogP contribution in [0.25, 0.3) is 0 Å². The Morgan fingerprint density at radius 3 is 2.05 bits per heavy atom. The minimum absolute atomic E-state index is 0.0566. The summed E-state index contributed by atoms with van der Waals surface area (Å²) in [5.41, 5.74) is 7.16. The highest BCUT2D eigenvalue weighted by Gasteiger charge is 2.42. The molecule has 20 heavy (non-hydrogen) atoms. The largest absolute Gasteiger partial charge is 0.369 e. The van der Waals surface area contributed by atoms with Crippen LogP contribution < -0.4 is 5.73 Å². The van der Waals surface area contributed by atoms with Gasteiger partial charge in [0.2, 0.25) is 5.91 Å². The highest BCUT2D eigenvalue weighted by molar-refractivity contribution is 6.24. The van der Waals surface area contributed by atoms with Gasteiger partial charge in [-0.1, -0.05) is 6.42 Å². The third-order valence-corrected chi connectivity index (χ3v) is 5.00. The van der Waals surface area contributed by atoms with E-state index in [1.165, 1.54) is 0 Å². The molecule has 0 heterocycles. The molecule has 2 aliphatic rings. The van der Waals surface area contributed by atoms with E-state index in [0.29, 0.717) is 35.1 Å². The maximum atomic E-state index is 12.3. The number of hydrogen-bond acceptors (Lipinski definition) is 3. The van der Waals surface area contributed by atoms with E-state index < -0.39 is 5.41 Å². The summed E-state index contributed by atoms with van der Waals surface area (Å²) in [6.07, 6.45) is 3.63. The number of primary amides is 1. The lowest BCUT2D eigenvalue weighted by Gasteiger charge is -2.39. The molecule has 108 valence electrons. The molecular formula is C16H21NO3. The molecule has 1 fully saturated rings. The van der Waals surface area contributed by atoms with Crippen LogP contribution in [0.3, 0.4) is 0 Å². The number of hydrogen-bond donors (Lipinski definition) is 1. The first-order valence-corrected chi connectivity index (χ1v) is 7.07. The minimum atomic E-state index is -0.458. The molecule has 1 amide bonds. The van der Waals surface area contributed by atoms with Crippen LogP contribution in [0, 0.1) is 5.41 Å².